The lowest BCUT2D eigenvalue weighted by Gasteiger charge is -2.18. The summed E-state index contributed by atoms with van der Waals surface area (Å²) in [6, 6.07) is 6.66. The molecule has 1 amide bonds. The van der Waals surface area contributed by atoms with Crippen molar-refractivity contribution in [2.45, 2.75) is 47.1 Å². The molecule has 0 spiro atoms. The van der Waals surface area contributed by atoms with Crippen LogP contribution in [0.2, 0.25) is 0 Å². The number of ether oxygens (including phenoxy) is 1. The summed E-state index contributed by atoms with van der Waals surface area (Å²) < 4.78 is 4.72. The van der Waals surface area contributed by atoms with Gasteiger partial charge in [0, 0.05) is 6.99 Å². The van der Waals surface area contributed by atoms with Crippen molar-refractivity contribution in [2.75, 3.05) is 7.11 Å². The smallest absolute Gasteiger partial charge is 0.328 e. The van der Waals surface area contributed by atoms with E-state index in [1.807, 2.05) is 46.8 Å². The number of hydrogen-bond donors (Lipinski definition) is 1. The van der Waals surface area contributed by atoms with E-state index in [1.54, 1.807) is 12.1 Å². The molecule has 4 nitrogen and oxygen atoms in total. The summed E-state index contributed by atoms with van der Waals surface area (Å²) in [6.45, 7) is 9.91. The van der Waals surface area contributed by atoms with Crippen molar-refractivity contribution < 1.29 is 15.8 Å². The molecular formula is C17H29NO3. The molecule has 1 aromatic carbocycles. The molecule has 1 rings (SSSR count). The molecule has 0 saturated carbocycles. The van der Waals surface area contributed by atoms with Crippen LogP contribution in [0.5, 0.6) is 0 Å². The Balaban J connectivity index is 0. The number of nitrogens with one attached hydrogen (secondary N) is 1. The summed E-state index contributed by atoms with van der Waals surface area (Å²) in [7, 11) is 1.33. The third kappa shape index (κ3) is 6.93. The van der Waals surface area contributed by atoms with Gasteiger partial charge in [-0.15, -0.1) is 0 Å². The second-order valence-corrected chi connectivity index (χ2v) is 5.05. The predicted octanol–water partition coefficient (Wildman–Crippen LogP) is 3.58. The predicted molar refractivity (Wildman–Crippen MR) is 87.4 cm³/mol. The van der Waals surface area contributed by atoms with Gasteiger partial charge in [0.25, 0.3) is 5.91 Å². The van der Waals surface area contributed by atoms with Crippen LogP contribution < -0.4 is 5.32 Å². The zero-order valence-electron chi connectivity index (χ0n) is 13.9. The average molecular weight is 295 g/mol. The molecule has 0 saturated heterocycles. The first kappa shape index (κ1) is 19.2. The van der Waals surface area contributed by atoms with Crippen molar-refractivity contribution in [2.24, 2.45) is 5.92 Å². The molecule has 0 fully saturated rings. The van der Waals surface area contributed by atoms with E-state index in [1.165, 1.54) is 7.11 Å². The highest BCUT2D eigenvalue weighted by Gasteiger charge is 2.23. The Labute approximate surface area is 129 Å². The van der Waals surface area contributed by atoms with Crippen LogP contribution in [0.25, 0.3) is 0 Å². The van der Waals surface area contributed by atoms with E-state index in [2.05, 4.69) is 5.32 Å². The Morgan fingerprint density at radius 3 is 2.38 bits per heavy atom. The molecule has 0 unspecified atom stereocenters. The maximum Gasteiger partial charge on any atom is 0.328 e. The van der Waals surface area contributed by atoms with Gasteiger partial charge in [0.05, 0.1) is 7.11 Å². The van der Waals surface area contributed by atoms with Crippen molar-refractivity contribution in [3.63, 3.8) is 0 Å². The highest BCUT2D eigenvalue weighted by molar-refractivity contribution is 5.96. The van der Waals surface area contributed by atoms with Gasteiger partial charge in [0.15, 0.2) is 0 Å². The number of esters is 1. The molecule has 0 aliphatic heterocycles. The Morgan fingerprint density at radius 2 is 1.90 bits per heavy atom. The fourth-order valence-corrected chi connectivity index (χ4v) is 1.86. The highest BCUT2D eigenvalue weighted by atomic mass is 16.5. The Morgan fingerprint density at radius 1 is 1.29 bits per heavy atom. The molecule has 4 heteroatoms. The monoisotopic (exact) mass is 295 g/mol. The summed E-state index contributed by atoms with van der Waals surface area (Å²) in [6.07, 6.45) is 0.560. The van der Waals surface area contributed by atoms with Crippen LogP contribution in [0.3, 0.4) is 0 Å². The summed E-state index contributed by atoms with van der Waals surface area (Å²) >= 11 is 0. The van der Waals surface area contributed by atoms with Crippen molar-refractivity contribution in [3.8, 4) is 0 Å². The number of hydrogen-bond acceptors (Lipinski definition) is 3. The standard InChI is InChI=1S/C15H21NO3.C2H6.H2/c1-10(2)8-13(15(18)19-4)16-14(17)12-7-5-6-11(3)9-12;1-2;/h5-7,9-10,13H,8H2,1-4H3,(H,16,17);1-2H3;1H/t13-;;/m1../s1. The highest BCUT2D eigenvalue weighted by Crippen LogP contribution is 2.09. The zero-order chi connectivity index (χ0) is 16.4. The number of rotatable bonds is 5. The van der Waals surface area contributed by atoms with E-state index in [9.17, 15) is 9.59 Å². The summed E-state index contributed by atoms with van der Waals surface area (Å²) in [5, 5.41) is 2.73. The van der Waals surface area contributed by atoms with Crippen LogP contribution in [0.1, 0.15) is 51.5 Å². The van der Waals surface area contributed by atoms with Gasteiger partial charge in [-0.25, -0.2) is 4.79 Å². The van der Waals surface area contributed by atoms with E-state index in [4.69, 9.17) is 4.74 Å². The fourth-order valence-electron chi connectivity index (χ4n) is 1.86. The van der Waals surface area contributed by atoms with Crippen molar-refractivity contribution in [1.82, 2.24) is 5.32 Å². The van der Waals surface area contributed by atoms with Crippen LogP contribution >= 0.6 is 0 Å². The molecule has 21 heavy (non-hydrogen) atoms. The second-order valence-electron chi connectivity index (χ2n) is 5.05. The lowest BCUT2D eigenvalue weighted by Crippen LogP contribution is -2.42. The third-order valence-corrected chi connectivity index (χ3v) is 2.78. The molecule has 1 aromatic rings. The van der Waals surface area contributed by atoms with Crippen molar-refractivity contribution in [1.29, 1.82) is 0 Å². The van der Waals surface area contributed by atoms with Crippen LogP contribution in [-0.4, -0.2) is 25.0 Å². The fraction of sp³-hybridized carbons (Fsp3) is 0.529. The number of methoxy groups -OCH3 is 1. The van der Waals surface area contributed by atoms with E-state index < -0.39 is 12.0 Å². The van der Waals surface area contributed by atoms with Gasteiger partial charge in [-0.2, -0.15) is 0 Å². The normalized spacial score (nSPS) is 11.2. The Hall–Kier alpha value is -1.84. The Kier molecular flexibility index (Phi) is 9.10. The third-order valence-electron chi connectivity index (χ3n) is 2.78. The maximum atomic E-state index is 12.1. The molecule has 1 N–H and O–H groups in total. The number of aryl methyl sites for hydroxylation is 1. The summed E-state index contributed by atoms with van der Waals surface area (Å²) in [5.74, 6) is -0.364. The molecule has 0 aliphatic carbocycles. The van der Waals surface area contributed by atoms with Crippen LogP contribution in [0.15, 0.2) is 24.3 Å². The number of benzene rings is 1. The largest absolute Gasteiger partial charge is 0.467 e. The first-order valence-corrected chi connectivity index (χ1v) is 7.39. The van der Waals surface area contributed by atoms with Crippen molar-refractivity contribution in [3.05, 3.63) is 35.4 Å². The van der Waals surface area contributed by atoms with Crippen LogP contribution in [-0.2, 0) is 9.53 Å². The number of amides is 1. The molecular weight excluding hydrogens is 266 g/mol. The van der Waals surface area contributed by atoms with E-state index in [0.29, 0.717) is 17.9 Å². The molecule has 0 radical (unpaired) electrons. The topological polar surface area (TPSA) is 55.4 Å². The van der Waals surface area contributed by atoms with Gasteiger partial charge in [-0.3, -0.25) is 4.79 Å². The molecule has 0 aliphatic rings. The molecule has 0 heterocycles. The van der Waals surface area contributed by atoms with Crippen LogP contribution in [0.4, 0.5) is 0 Å². The summed E-state index contributed by atoms with van der Waals surface area (Å²) in [5.41, 5.74) is 1.56. The second kappa shape index (κ2) is 9.97. The van der Waals surface area contributed by atoms with E-state index in [0.717, 1.165) is 5.56 Å². The van der Waals surface area contributed by atoms with Gasteiger partial charge in [-0.05, 0) is 31.4 Å². The van der Waals surface area contributed by atoms with Crippen LogP contribution in [0, 0.1) is 12.8 Å². The van der Waals surface area contributed by atoms with Gasteiger partial charge >= 0.3 is 5.97 Å². The summed E-state index contributed by atoms with van der Waals surface area (Å²) in [4.78, 5) is 23.7. The van der Waals surface area contributed by atoms with E-state index in [-0.39, 0.29) is 7.33 Å². The number of carbonyl (C=O) groups excluding carboxylic acids is 2. The van der Waals surface area contributed by atoms with Gasteiger partial charge in [0.1, 0.15) is 6.04 Å². The minimum atomic E-state index is -0.599. The minimum absolute atomic E-state index is 0. The first-order valence-electron chi connectivity index (χ1n) is 7.39. The minimum Gasteiger partial charge on any atom is -0.467 e. The number of carbonyl (C=O) groups is 2. The quantitative estimate of drug-likeness (QED) is 0.845. The molecule has 1 atom stereocenters. The maximum absolute atomic E-state index is 12.1. The SMILES string of the molecule is CC.COC(=O)[C@@H](CC(C)C)NC(=O)c1cccc(C)c1.[HH]. The Bertz CT molecular complexity index is 461. The lowest BCUT2D eigenvalue weighted by molar-refractivity contribution is -0.143. The lowest BCUT2D eigenvalue weighted by atomic mass is 10.0. The molecule has 0 aromatic heterocycles. The molecule has 120 valence electrons. The van der Waals surface area contributed by atoms with Gasteiger partial charge in [-0.1, -0.05) is 45.4 Å². The van der Waals surface area contributed by atoms with Crippen molar-refractivity contribution >= 4 is 11.9 Å². The molecule has 0 bridgehead atoms. The van der Waals surface area contributed by atoms with Gasteiger partial charge < -0.3 is 10.1 Å². The van der Waals surface area contributed by atoms with E-state index >= 15 is 0 Å². The average Bonchev–Trinajstić information content (AvgIpc) is 2.47. The first-order chi connectivity index (χ1) is 9.93. The zero-order valence-corrected chi connectivity index (χ0v) is 13.9. The van der Waals surface area contributed by atoms with Gasteiger partial charge in [0.2, 0.25) is 0 Å².